The summed E-state index contributed by atoms with van der Waals surface area (Å²) in [6.45, 7) is -0.0438. The molecule has 1 saturated heterocycles. The molecule has 1 aromatic rings. The predicted molar refractivity (Wildman–Crippen MR) is 62.2 cm³/mol. The summed E-state index contributed by atoms with van der Waals surface area (Å²) in [5.74, 6) is -4.44. The van der Waals surface area contributed by atoms with Gasteiger partial charge in [0, 0.05) is 23.5 Å². The Morgan fingerprint density at radius 2 is 2.00 bits per heavy atom. The van der Waals surface area contributed by atoms with Crippen LogP contribution in [0.1, 0.15) is 6.42 Å². The van der Waals surface area contributed by atoms with Crippen LogP contribution in [0.4, 0.5) is 14.5 Å². The van der Waals surface area contributed by atoms with Crippen LogP contribution >= 0.6 is 15.9 Å². The van der Waals surface area contributed by atoms with Crippen LogP contribution in [0, 0.1) is 17.6 Å². The second-order valence-electron chi connectivity index (χ2n) is 3.96. The van der Waals surface area contributed by atoms with Gasteiger partial charge in [0.05, 0.1) is 11.6 Å². The molecule has 0 radical (unpaired) electrons. The molecule has 1 amide bonds. The Labute approximate surface area is 109 Å². The van der Waals surface area contributed by atoms with Crippen LogP contribution in [-0.2, 0) is 9.59 Å². The van der Waals surface area contributed by atoms with Crippen molar-refractivity contribution in [3.05, 3.63) is 28.2 Å². The number of carboxylic acids is 1. The molecule has 1 aliphatic rings. The first-order valence-corrected chi connectivity index (χ1v) is 5.87. The number of halogens is 3. The summed E-state index contributed by atoms with van der Waals surface area (Å²) in [4.78, 5) is 23.6. The van der Waals surface area contributed by atoms with Gasteiger partial charge in [-0.05, 0) is 22.0 Å². The number of benzene rings is 1. The van der Waals surface area contributed by atoms with Gasteiger partial charge in [-0.2, -0.15) is 0 Å². The molecule has 2 rings (SSSR count). The number of carboxylic acid groups (broad SMARTS) is 1. The van der Waals surface area contributed by atoms with Crippen molar-refractivity contribution in [1.82, 2.24) is 0 Å². The minimum Gasteiger partial charge on any atom is -0.481 e. The first-order valence-electron chi connectivity index (χ1n) is 5.08. The first-order chi connectivity index (χ1) is 8.40. The van der Waals surface area contributed by atoms with E-state index < -0.39 is 29.4 Å². The van der Waals surface area contributed by atoms with Crippen molar-refractivity contribution in [3.8, 4) is 0 Å². The maximum absolute atomic E-state index is 13.1. The number of carbonyl (C=O) groups excluding carboxylic acids is 1. The zero-order chi connectivity index (χ0) is 13.4. The number of aliphatic carboxylic acids is 1. The van der Waals surface area contributed by atoms with E-state index in [1.54, 1.807) is 0 Å². The van der Waals surface area contributed by atoms with Gasteiger partial charge in [-0.1, -0.05) is 0 Å². The highest BCUT2D eigenvalue weighted by atomic mass is 79.9. The second-order valence-corrected chi connectivity index (χ2v) is 4.82. The van der Waals surface area contributed by atoms with Gasteiger partial charge in [0.1, 0.15) is 0 Å². The second kappa shape index (κ2) is 4.64. The van der Waals surface area contributed by atoms with E-state index in [0.717, 1.165) is 17.0 Å². The number of hydrogen-bond acceptors (Lipinski definition) is 2. The fourth-order valence-corrected chi connectivity index (χ4v) is 2.35. The maximum Gasteiger partial charge on any atom is 0.308 e. The normalized spacial score (nSPS) is 19.4. The smallest absolute Gasteiger partial charge is 0.308 e. The molecule has 1 fully saturated rings. The number of carbonyl (C=O) groups is 2. The summed E-state index contributed by atoms with van der Waals surface area (Å²) >= 11 is 3.03. The van der Waals surface area contributed by atoms with Gasteiger partial charge >= 0.3 is 5.97 Å². The molecule has 1 aromatic carbocycles. The Morgan fingerprint density at radius 1 is 1.39 bits per heavy atom. The zero-order valence-electron chi connectivity index (χ0n) is 8.99. The molecule has 0 saturated carbocycles. The van der Waals surface area contributed by atoms with Crippen LogP contribution < -0.4 is 4.90 Å². The molecule has 1 aliphatic heterocycles. The van der Waals surface area contributed by atoms with Crippen molar-refractivity contribution in [2.45, 2.75) is 6.42 Å². The molecule has 1 atom stereocenters. The van der Waals surface area contributed by atoms with E-state index in [1.165, 1.54) is 0 Å². The minimum atomic E-state index is -1.08. The fraction of sp³-hybridized carbons (Fsp3) is 0.273. The molecule has 96 valence electrons. The van der Waals surface area contributed by atoms with E-state index in [-0.39, 0.29) is 23.1 Å². The average Bonchev–Trinajstić information content (AvgIpc) is 2.66. The fourth-order valence-electron chi connectivity index (χ4n) is 1.82. The maximum atomic E-state index is 13.1. The summed E-state index contributed by atoms with van der Waals surface area (Å²) in [6.07, 6.45) is -0.138. The topological polar surface area (TPSA) is 57.6 Å². The lowest BCUT2D eigenvalue weighted by molar-refractivity contribution is -0.141. The Bertz CT molecular complexity index is 535. The molecule has 1 unspecified atom stereocenters. The summed E-state index contributed by atoms with van der Waals surface area (Å²) in [5.41, 5.74) is 0.141. The Morgan fingerprint density at radius 3 is 2.56 bits per heavy atom. The standard InChI is InChI=1S/C11H8BrF2NO3/c12-6-2-7(13)8(14)3-9(6)15-4-5(11(17)18)1-10(15)16/h2-3,5H,1,4H2,(H,17,18). The van der Waals surface area contributed by atoms with Gasteiger partial charge in [0.25, 0.3) is 0 Å². The monoisotopic (exact) mass is 319 g/mol. The van der Waals surface area contributed by atoms with Crippen molar-refractivity contribution in [1.29, 1.82) is 0 Å². The van der Waals surface area contributed by atoms with Crippen molar-refractivity contribution in [2.24, 2.45) is 5.92 Å². The average molecular weight is 320 g/mol. The van der Waals surface area contributed by atoms with Crippen LogP contribution in [0.25, 0.3) is 0 Å². The van der Waals surface area contributed by atoms with Crippen LogP contribution in [0.15, 0.2) is 16.6 Å². The molecule has 0 aliphatic carbocycles. The minimum absolute atomic E-state index is 0.0438. The molecule has 0 bridgehead atoms. The van der Waals surface area contributed by atoms with Crippen LogP contribution in [0.2, 0.25) is 0 Å². The summed E-state index contributed by atoms with van der Waals surface area (Å²) in [7, 11) is 0. The first kappa shape index (κ1) is 12.9. The number of rotatable bonds is 2. The largest absolute Gasteiger partial charge is 0.481 e. The molecule has 4 nitrogen and oxygen atoms in total. The third-order valence-electron chi connectivity index (χ3n) is 2.75. The van der Waals surface area contributed by atoms with Gasteiger partial charge in [0.15, 0.2) is 11.6 Å². The Kier molecular flexibility index (Phi) is 3.34. The molecule has 18 heavy (non-hydrogen) atoms. The lowest BCUT2D eigenvalue weighted by Gasteiger charge is -2.18. The van der Waals surface area contributed by atoms with Crippen molar-refractivity contribution in [3.63, 3.8) is 0 Å². The van der Waals surface area contributed by atoms with E-state index in [4.69, 9.17) is 5.11 Å². The third kappa shape index (κ3) is 2.22. The summed E-state index contributed by atoms with van der Waals surface area (Å²) in [5, 5.41) is 8.84. The van der Waals surface area contributed by atoms with Crippen molar-refractivity contribution >= 4 is 33.5 Å². The van der Waals surface area contributed by atoms with Crippen molar-refractivity contribution in [2.75, 3.05) is 11.4 Å². The van der Waals surface area contributed by atoms with Crippen LogP contribution in [-0.4, -0.2) is 23.5 Å². The predicted octanol–water partition coefficient (Wildman–Crippen LogP) is 2.16. The van der Waals surface area contributed by atoms with E-state index in [2.05, 4.69) is 15.9 Å². The molecular weight excluding hydrogens is 312 g/mol. The van der Waals surface area contributed by atoms with Gasteiger partial charge in [0.2, 0.25) is 5.91 Å². The highest BCUT2D eigenvalue weighted by Crippen LogP contribution is 2.33. The summed E-state index contributed by atoms with van der Waals surface area (Å²) in [6, 6.07) is 1.79. The SMILES string of the molecule is O=C(O)C1CC(=O)N(c2cc(F)c(F)cc2Br)C1. The highest BCUT2D eigenvalue weighted by Gasteiger charge is 2.36. The van der Waals surface area contributed by atoms with Gasteiger partial charge in [-0.3, -0.25) is 9.59 Å². The number of nitrogens with zero attached hydrogens (tertiary/aromatic N) is 1. The third-order valence-corrected chi connectivity index (χ3v) is 3.39. The van der Waals surface area contributed by atoms with Gasteiger partial charge in [-0.25, -0.2) is 8.78 Å². The van der Waals surface area contributed by atoms with E-state index >= 15 is 0 Å². The molecular formula is C11H8BrF2NO3. The van der Waals surface area contributed by atoms with E-state index in [9.17, 15) is 18.4 Å². The number of hydrogen-bond donors (Lipinski definition) is 1. The quantitative estimate of drug-likeness (QED) is 0.850. The van der Waals surface area contributed by atoms with Gasteiger partial charge in [-0.15, -0.1) is 0 Å². The highest BCUT2D eigenvalue weighted by molar-refractivity contribution is 9.10. The number of anilines is 1. The molecule has 7 heteroatoms. The molecule has 0 aromatic heterocycles. The van der Waals surface area contributed by atoms with Crippen molar-refractivity contribution < 1.29 is 23.5 Å². The van der Waals surface area contributed by atoms with E-state index in [0.29, 0.717) is 0 Å². The Hall–Kier alpha value is -1.50. The molecule has 1 heterocycles. The van der Waals surface area contributed by atoms with Crippen LogP contribution in [0.3, 0.4) is 0 Å². The zero-order valence-corrected chi connectivity index (χ0v) is 10.6. The lowest BCUT2D eigenvalue weighted by Crippen LogP contribution is -2.26. The number of amides is 1. The summed E-state index contributed by atoms with van der Waals surface area (Å²) < 4.78 is 26.3. The van der Waals surface area contributed by atoms with E-state index in [1.807, 2.05) is 0 Å². The van der Waals surface area contributed by atoms with Gasteiger partial charge < -0.3 is 10.0 Å². The molecule has 1 N–H and O–H groups in total. The van der Waals surface area contributed by atoms with Crippen LogP contribution in [0.5, 0.6) is 0 Å². The lowest BCUT2D eigenvalue weighted by atomic mass is 10.1. The molecule has 0 spiro atoms. The Balaban J connectivity index is 2.35.